The minimum atomic E-state index is -0.319. The van der Waals surface area contributed by atoms with Gasteiger partial charge in [-0.25, -0.2) is 0 Å². The summed E-state index contributed by atoms with van der Waals surface area (Å²) in [6.45, 7) is 0.750. The first-order valence-electron chi connectivity index (χ1n) is 13.9. The van der Waals surface area contributed by atoms with Gasteiger partial charge in [-0.1, -0.05) is 78.9 Å². The lowest BCUT2D eigenvalue weighted by molar-refractivity contribution is -0.137. The van der Waals surface area contributed by atoms with Crippen molar-refractivity contribution in [3.8, 4) is 0 Å². The van der Waals surface area contributed by atoms with E-state index in [9.17, 15) is 4.79 Å². The van der Waals surface area contributed by atoms with Crippen LogP contribution in [0, 0.1) is 0 Å². The van der Waals surface area contributed by atoms with E-state index in [0.717, 1.165) is 50.6 Å². The van der Waals surface area contributed by atoms with Gasteiger partial charge in [-0.15, -0.1) is 0 Å². The minimum Gasteiger partial charge on any atom is -0.356 e. The van der Waals surface area contributed by atoms with Gasteiger partial charge in [0.25, 0.3) is 0 Å². The van der Waals surface area contributed by atoms with Crippen molar-refractivity contribution >= 4 is 22.9 Å². The van der Waals surface area contributed by atoms with Gasteiger partial charge in [0.2, 0.25) is 5.91 Å². The SMILES string of the molecule is CN(C)C1(Cc2ccccc2)CCC2(CC1)c1[nH]c3ccccc3c1CCN2C(=O)C=Cc1ccccc1. The number of hydrogen-bond acceptors (Lipinski definition) is 2. The highest BCUT2D eigenvalue weighted by Gasteiger charge is 2.52. The third-order valence-electron chi connectivity index (χ3n) is 9.20. The molecule has 4 aromatic rings. The number of H-pyrrole nitrogens is 1. The van der Waals surface area contributed by atoms with Gasteiger partial charge in [-0.05, 0) is 81.5 Å². The second kappa shape index (κ2) is 9.92. The Kier molecular flexibility index (Phi) is 6.45. The molecule has 1 amide bonds. The van der Waals surface area contributed by atoms with Crippen LogP contribution < -0.4 is 0 Å². The van der Waals surface area contributed by atoms with Gasteiger partial charge in [0, 0.05) is 34.8 Å². The first-order chi connectivity index (χ1) is 18.5. The molecule has 0 radical (unpaired) electrons. The molecule has 1 aliphatic carbocycles. The molecule has 3 aromatic carbocycles. The lowest BCUT2D eigenvalue weighted by Gasteiger charge is -2.55. The summed E-state index contributed by atoms with van der Waals surface area (Å²) in [5.74, 6) is 0.110. The van der Waals surface area contributed by atoms with E-state index in [4.69, 9.17) is 0 Å². The molecule has 1 saturated carbocycles. The molecule has 38 heavy (non-hydrogen) atoms. The molecule has 0 unspecified atom stereocenters. The first-order valence-corrected chi connectivity index (χ1v) is 13.9. The van der Waals surface area contributed by atoms with E-state index in [2.05, 4.69) is 83.5 Å². The number of nitrogens with one attached hydrogen (secondary N) is 1. The van der Waals surface area contributed by atoms with Crippen molar-refractivity contribution in [2.75, 3.05) is 20.6 Å². The van der Waals surface area contributed by atoms with Crippen LogP contribution >= 0.6 is 0 Å². The fraction of sp³-hybridized carbons (Fsp3) is 0.324. The molecule has 1 aliphatic heterocycles. The van der Waals surface area contributed by atoms with Crippen molar-refractivity contribution in [3.05, 3.63) is 113 Å². The van der Waals surface area contributed by atoms with Crippen LogP contribution in [-0.2, 0) is 23.2 Å². The second-order valence-electron chi connectivity index (χ2n) is 11.3. The summed E-state index contributed by atoms with van der Waals surface area (Å²) in [6, 6.07) is 29.6. The number of amides is 1. The van der Waals surface area contributed by atoms with Gasteiger partial charge in [-0.3, -0.25) is 4.79 Å². The van der Waals surface area contributed by atoms with E-state index < -0.39 is 0 Å². The zero-order valence-corrected chi connectivity index (χ0v) is 22.5. The summed E-state index contributed by atoms with van der Waals surface area (Å²) >= 11 is 0. The number of likely N-dealkylation sites (N-methyl/N-ethyl adjacent to an activating group) is 1. The van der Waals surface area contributed by atoms with Crippen LogP contribution in [0.5, 0.6) is 0 Å². The van der Waals surface area contributed by atoms with E-state index in [1.54, 1.807) is 6.08 Å². The molecule has 1 fully saturated rings. The standard InChI is InChI=1S/C34H37N3O/c1-36(2)33(25-27-13-7-4-8-14-27)20-22-34(23-21-33)32-29(28-15-9-10-16-30(28)35-32)19-24-37(34)31(38)18-17-26-11-5-3-6-12-26/h3-18,35H,19-25H2,1-2H3. The lowest BCUT2D eigenvalue weighted by atomic mass is 9.65. The van der Waals surface area contributed by atoms with E-state index in [1.807, 2.05) is 36.4 Å². The first kappa shape index (κ1) is 24.7. The maximum atomic E-state index is 13.9. The topological polar surface area (TPSA) is 39.3 Å². The Morgan fingerprint density at radius 3 is 2.26 bits per heavy atom. The van der Waals surface area contributed by atoms with Gasteiger partial charge in [0.1, 0.15) is 0 Å². The summed E-state index contributed by atoms with van der Waals surface area (Å²) in [4.78, 5) is 22.3. The van der Waals surface area contributed by atoms with Crippen molar-refractivity contribution in [2.24, 2.45) is 0 Å². The number of aromatic nitrogens is 1. The molecule has 0 bridgehead atoms. The van der Waals surface area contributed by atoms with Crippen molar-refractivity contribution in [2.45, 2.75) is 49.6 Å². The van der Waals surface area contributed by atoms with Gasteiger partial charge in [0.05, 0.1) is 5.54 Å². The molecule has 1 N–H and O–H groups in total. The zero-order valence-electron chi connectivity index (χ0n) is 22.5. The number of fused-ring (bicyclic) bond motifs is 4. The smallest absolute Gasteiger partial charge is 0.247 e. The Labute approximate surface area is 226 Å². The van der Waals surface area contributed by atoms with Crippen LogP contribution in [0.4, 0.5) is 0 Å². The minimum absolute atomic E-state index is 0.0742. The average Bonchev–Trinajstić information content (AvgIpc) is 3.34. The average molecular weight is 504 g/mol. The number of hydrogen-bond donors (Lipinski definition) is 1. The zero-order chi connectivity index (χ0) is 26.2. The van der Waals surface area contributed by atoms with Gasteiger partial charge in [0.15, 0.2) is 0 Å². The number of nitrogens with zero attached hydrogens (tertiary/aromatic N) is 2. The Hall–Kier alpha value is -3.63. The van der Waals surface area contributed by atoms with E-state index in [1.165, 1.54) is 27.7 Å². The third kappa shape index (κ3) is 4.27. The third-order valence-corrected chi connectivity index (χ3v) is 9.20. The van der Waals surface area contributed by atoms with Crippen molar-refractivity contribution < 1.29 is 4.79 Å². The molecular weight excluding hydrogens is 466 g/mol. The molecule has 0 saturated heterocycles. The number of para-hydroxylation sites is 1. The van der Waals surface area contributed by atoms with Crippen molar-refractivity contribution in [1.29, 1.82) is 0 Å². The Morgan fingerprint density at radius 1 is 0.895 bits per heavy atom. The molecule has 194 valence electrons. The van der Waals surface area contributed by atoms with E-state index in [0.29, 0.717) is 0 Å². The lowest BCUT2D eigenvalue weighted by Crippen LogP contribution is -2.59. The summed E-state index contributed by atoms with van der Waals surface area (Å²) in [7, 11) is 4.45. The predicted molar refractivity (Wildman–Crippen MR) is 156 cm³/mol. The molecule has 4 heteroatoms. The van der Waals surface area contributed by atoms with E-state index in [-0.39, 0.29) is 17.0 Å². The fourth-order valence-corrected chi connectivity index (χ4v) is 6.98. The number of rotatable bonds is 5. The second-order valence-corrected chi connectivity index (χ2v) is 11.3. The normalized spacial score (nSPS) is 23.4. The van der Waals surface area contributed by atoms with Gasteiger partial charge >= 0.3 is 0 Å². The predicted octanol–water partition coefficient (Wildman–Crippen LogP) is 6.58. The highest BCUT2D eigenvalue weighted by atomic mass is 16.2. The monoisotopic (exact) mass is 503 g/mol. The molecular formula is C34H37N3O. The van der Waals surface area contributed by atoms with Crippen LogP contribution in [0.15, 0.2) is 91.0 Å². The number of carbonyl (C=O) groups excluding carboxylic acids is 1. The fourth-order valence-electron chi connectivity index (χ4n) is 6.98. The summed E-state index contributed by atoms with van der Waals surface area (Å²) in [5.41, 5.74) is 6.03. The van der Waals surface area contributed by atoms with Crippen LogP contribution in [-0.4, -0.2) is 46.9 Å². The molecule has 6 rings (SSSR count). The van der Waals surface area contributed by atoms with E-state index >= 15 is 0 Å². The quantitative estimate of drug-likeness (QED) is 0.313. The van der Waals surface area contributed by atoms with Gasteiger partial charge in [-0.2, -0.15) is 0 Å². The molecule has 1 spiro atoms. The Bertz CT molecular complexity index is 1440. The summed E-state index contributed by atoms with van der Waals surface area (Å²) in [6.07, 6.45) is 9.62. The molecule has 4 nitrogen and oxygen atoms in total. The maximum Gasteiger partial charge on any atom is 0.247 e. The van der Waals surface area contributed by atoms with Crippen LogP contribution in [0.1, 0.15) is 48.1 Å². The molecule has 2 heterocycles. The number of carbonyl (C=O) groups is 1. The highest BCUT2D eigenvalue weighted by molar-refractivity contribution is 5.93. The summed E-state index contributed by atoms with van der Waals surface area (Å²) < 4.78 is 0. The molecule has 2 aliphatic rings. The van der Waals surface area contributed by atoms with Crippen molar-refractivity contribution in [1.82, 2.24) is 14.8 Å². The molecule has 0 atom stereocenters. The highest BCUT2D eigenvalue weighted by Crippen LogP contribution is 2.51. The Balaban J connectivity index is 1.37. The number of aromatic amines is 1. The van der Waals surface area contributed by atoms with Crippen LogP contribution in [0.3, 0.4) is 0 Å². The summed E-state index contributed by atoms with van der Waals surface area (Å²) in [5, 5.41) is 1.31. The van der Waals surface area contributed by atoms with Crippen LogP contribution in [0.2, 0.25) is 0 Å². The van der Waals surface area contributed by atoms with Crippen molar-refractivity contribution in [3.63, 3.8) is 0 Å². The Morgan fingerprint density at radius 2 is 1.55 bits per heavy atom. The number of benzene rings is 3. The maximum absolute atomic E-state index is 13.9. The van der Waals surface area contributed by atoms with Crippen LogP contribution in [0.25, 0.3) is 17.0 Å². The molecule has 1 aromatic heterocycles. The largest absolute Gasteiger partial charge is 0.356 e. The van der Waals surface area contributed by atoms with Gasteiger partial charge < -0.3 is 14.8 Å².